The van der Waals surface area contributed by atoms with Crippen LogP contribution in [0.15, 0.2) is 83.8 Å². The fraction of sp³-hybridized carbons (Fsp3) is 0.179. The number of nitrogens with zero attached hydrogens (tertiary/aromatic N) is 3. The van der Waals surface area contributed by atoms with E-state index < -0.39 is 0 Å². The van der Waals surface area contributed by atoms with Crippen molar-refractivity contribution in [2.75, 3.05) is 31.1 Å². The van der Waals surface area contributed by atoms with Crippen LogP contribution in [0, 0.1) is 5.82 Å². The SMILES string of the molecule is O=C(c1cccc(C=C2SC(=O)N(Cc3ccccc3)C2=O)c1)N1CCN(c2ccccc2F)CC1. The van der Waals surface area contributed by atoms with Gasteiger partial charge in [-0.1, -0.05) is 54.6 Å². The third kappa shape index (κ3) is 5.04. The molecular weight excluding hydrogens is 477 g/mol. The molecule has 0 aromatic heterocycles. The molecule has 0 saturated carbocycles. The summed E-state index contributed by atoms with van der Waals surface area (Å²) in [6.07, 6.45) is 1.66. The average molecular weight is 502 g/mol. The van der Waals surface area contributed by atoms with Gasteiger partial charge in [0.1, 0.15) is 5.82 Å². The first-order valence-corrected chi connectivity index (χ1v) is 12.5. The Kier molecular flexibility index (Phi) is 6.86. The van der Waals surface area contributed by atoms with Crippen LogP contribution in [0.5, 0.6) is 0 Å². The largest absolute Gasteiger partial charge is 0.366 e. The van der Waals surface area contributed by atoms with Gasteiger partial charge in [0.05, 0.1) is 17.1 Å². The van der Waals surface area contributed by atoms with Crippen LogP contribution in [0.2, 0.25) is 0 Å². The highest BCUT2D eigenvalue weighted by Crippen LogP contribution is 2.33. The Morgan fingerprint density at radius 2 is 1.61 bits per heavy atom. The van der Waals surface area contributed by atoms with Gasteiger partial charge in [-0.15, -0.1) is 0 Å². The van der Waals surface area contributed by atoms with E-state index >= 15 is 0 Å². The quantitative estimate of drug-likeness (QED) is 0.459. The first kappa shape index (κ1) is 23.8. The first-order chi connectivity index (χ1) is 17.5. The number of rotatable bonds is 5. The highest BCUT2D eigenvalue weighted by Gasteiger charge is 2.35. The van der Waals surface area contributed by atoms with Crippen molar-refractivity contribution in [1.82, 2.24) is 9.80 Å². The van der Waals surface area contributed by atoms with Crippen LogP contribution >= 0.6 is 11.8 Å². The van der Waals surface area contributed by atoms with E-state index in [4.69, 9.17) is 0 Å². The van der Waals surface area contributed by atoms with Crippen LogP contribution in [-0.2, 0) is 11.3 Å². The molecule has 2 saturated heterocycles. The van der Waals surface area contributed by atoms with Crippen LogP contribution in [0.3, 0.4) is 0 Å². The molecule has 2 fully saturated rings. The molecular formula is C28H24FN3O3S. The zero-order valence-electron chi connectivity index (χ0n) is 19.5. The number of para-hydroxylation sites is 1. The van der Waals surface area contributed by atoms with Gasteiger partial charge in [0, 0.05) is 31.7 Å². The third-order valence-electron chi connectivity index (χ3n) is 6.25. The maximum absolute atomic E-state index is 14.1. The van der Waals surface area contributed by atoms with Crippen LogP contribution in [-0.4, -0.2) is 53.0 Å². The number of anilines is 1. The van der Waals surface area contributed by atoms with Gasteiger partial charge in [0.2, 0.25) is 0 Å². The van der Waals surface area contributed by atoms with Crippen molar-refractivity contribution in [2.24, 2.45) is 0 Å². The number of benzene rings is 3. The fourth-order valence-corrected chi connectivity index (χ4v) is 5.19. The normalized spacial score (nSPS) is 17.2. The first-order valence-electron chi connectivity index (χ1n) is 11.7. The second-order valence-electron chi connectivity index (χ2n) is 8.61. The van der Waals surface area contributed by atoms with Crippen LogP contribution in [0.4, 0.5) is 14.9 Å². The summed E-state index contributed by atoms with van der Waals surface area (Å²) in [5.74, 6) is -0.719. The van der Waals surface area contributed by atoms with Crippen molar-refractivity contribution in [2.45, 2.75) is 6.54 Å². The van der Waals surface area contributed by atoms with Crippen molar-refractivity contribution in [3.05, 3.63) is 106 Å². The van der Waals surface area contributed by atoms with E-state index in [0.717, 1.165) is 17.3 Å². The predicted octanol–water partition coefficient (Wildman–Crippen LogP) is 5.02. The molecule has 0 N–H and O–H groups in total. The zero-order valence-corrected chi connectivity index (χ0v) is 20.3. The second kappa shape index (κ2) is 10.4. The highest BCUT2D eigenvalue weighted by molar-refractivity contribution is 8.18. The Bertz CT molecular complexity index is 1340. The van der Waals surface area contributed by atoms with Gasteiger partial charge in [-0.25, -0.2) is 4.39 Å². The summed E-state index contributed by atoms with van der Waals surface area (Å²) in [5, 5.41) is -0.310. The number of hydrogen-bond acceptors (Lipinski definition) is 5. The number of thioether (sulfide) groups is 1. The molecule has 3 amide bonds. The average Bonchev–Trinajstić information content (AvgIpc) is 3.16. The third-order valence-corrected chi connectivity index (χ3v) is 7.16. The molecule has 2 heterocycles. The van der Waals surface area contributed by atoms with Crippen LogP contribution in [0.25, 0.3) is 6.08 Å². The molecule has 8 heteroatoms. The Labute approximate surface area is 213 Å². The minimum atomic E-state index is -0.338. The van der Waals surface area contributed by atoms with E-state index in [0.29, 0.717) is 47.9 Å². The number of hydrogen-bond donors (Lipinski definition) is 0. The van der Waals surface area contributed by atoms with Gasteiger partial charge in [0.15, 0.2) is 0 Å². The van der Waals surface area contributed by atoms with Crippen LogP contribution < -0.4 is 4.90 Å². The molecule has 3 aromatic carbocycles. The topological polar surface area (TPSA) is 60.9 Å². The Morgan fingerprint density at radius 1 is 0.889 bits per heavy atom. The lowest BCUT2D eigenvalue weighted by atomic mass is 10.1. The van der Waals surface area contributed by atoms with Gasteiger partial charge < -0.3 is 9.80 Å². The molecule has 0 radical (unpaired) electrons. The number of amides is 3. The lowest BCUT2D eigenvalue weighted by Crippen LogP contribution is -2.49. The predicted molar refractivity (Wildman–Crippen MR) is 139 cm³/mol. The highest BCUT2D eigenvalue weighted by atomic mass is 32.2. The standard InChI is InChI=1S/C28H24FN3O3S/c29-23-11-4-5-12-24(23)30-13-15-31(16-14-30)26(33)22-10-6-9-21(17-22)18-25-27(34)32(28(35)36-25)19-20-7-2-1-3-8-20/h1-12,17-18H,13-16,19H2. The molecule has 0 unspecified atom stereocenters. The smallest absolute Gasteiger partial charge is 0.293 e. The van der Waals surface area contributed by atoms with Gasteiger partial charge >= 0.3 is 0 Å². The number of halogens is 1. The molecule has 0 atom stereocenters. The minimum absolute atomic E-state index is 0.115. The Hall–Kier alpha value is -3.91. The summed E-state index contributed by atoms with van der Waals surface area (Å²) in [6, 6.07) is 23.1. The van der Waals surface area contributed by atoms with E-state index in [1.807, 2.05) is 35.2 Å². The Morgan fingerprint density at radius 3 is 2.36 bits per heavy atom. The summed E-state index contributed by atoms with van der Waals surface area (Å²) in [5.41, 5.74) is 2.61. The maximum atomic E-state index is 14.1. The summed E-state index contributed by atoms with van der Waals surface area (Å²) in [6.45, 7) is 2.27. The minimum Gasteiger partial charge on any atom is -0.366 e. The van der Waals surface area contributed by atoms with E-state index in [1.165, 1.54) is 11.0 Å². The Balaban J connectivity index is 1.26. The van der Waals surface area contributed by atoms with Crippen molar-refractivity contribution in [3.63, 3.8) is 0 Å². The van der Waals surface area contributed by atoms with E-state index in [2.05, 4.69) is 0 Å². The number of imide groups is 1. The number of carbonyl (C=O) groups is 3. The van der Waals surface area contributed by atoms with Crippen molar-refractivity contribution in [3.8, 4) is 0 Å². The number of carbonyl (C=O) groups excluding carboxylic acids is 3. The molecule has 5 rings (SSSR count). The molecule has 2 aliphatic rings. The fourth-order valence-electron chi connectivity index (χ4n) is 4.36. The lowest BCUT2D eigenvalue weighted by molar-refractivity contribution is -0.123. The number of piperazine rings is 1. The lowest BCUT2D eigenvalue weighted by Gasteiger charge is -2.36. The monoisotopic (exact) mass is 501 g/mol. The second-order valence-corrected chi connectivity index (χ2v) is 9.60. The molecule has 0 spiro atoms. The summed E-state index contributed by atoms with van der Waals surface area (Å²) in [7, 11) is 0. The van der Waals surface area contributed by atoms with E-state index in [1.54, 1.807) is 53.4 Å². The zero-order chi connectivity index (χ0) is 25.1. The maximum Gasteiger partial charge on any atom is 0.293 e. The summed E-state index contributed by atoms with van der Waals surface area (Å²) < 4.78 is 14.1. The molecule has 36 heavy (non-hydrogen) atoms. The summed E-state index contributed by atoms with van der Waals surface area (Å²) in [4.78, 5) is 43.7. The molecule has 6 nitrogen and oxygen atoms in total. The van der Waals surface area contributed by atoms with E-state index in [-0.39, 0.29) is 29.4 Å². The van der Waals surface area contributed by atoms with Crippen LogP contribution in [0.1, 0.15) is 21.5 Å². The van der Waals surface area contributed by atoms with Gasteiger partial charge in [-0.2, -0.15) is 0 Å². The van der Waals surface area contributed by atoms with E-state index in [9.17, 15) is 18.8 Å². The van der Waals surface area contributed by atoms with Crippen molar-refractivity contribution < 1.29 is 18.8 Å². The van der Waals surface area contributed by atoms with Crippen molar-refractivity contribution in [1.29, 1.82) is 0 Å². The molecule has 182 valence electrons. The van der Waals surface area contributed by atoms with Gasteiger partial charge in [0.25, 0.3) is 17.1 Å². The van der Waals surface area contributed by atoms with Gasteiger partial charge in [-0.05, 0) is 53.2 Å². The van der Waals surface area contributed by atoms with Crippen molar-refractivity contribution >= 4 is 40.6 Å². The molecule has 3 aromatic rings. The molecule has 0 aliphatic carbocycles. The molecule has 0 bridgehead atoms. The summed E-state index contributed by atoms with van der Waals surface area (Å²) >= 11 is 0.905. The molecule has 2 aliphatic heterocycles. The van der Waals surface area contributed by atoms with Gasteiger partial charge in [-0.3, -0.25) is 19.3 Å².